The molecule has 0 aliphatic heterocycles. The fraction of sp³-hybridized carbons (Fsp3) is 0.0588. The summed E-state index contributed by atoms with van der Waals surface area (Å²) in [6, 6.07) is 17.5. The normalized spacial score (nSPS) is 10.3. The third-order valence-corrected chi connectivity index (χ3v) is 2.47. The van der Waals surface area contributed by atoms with Gasteiger partial charge in [-0.3, -0.25) is 4.79 Å². The first kappa shape index (κ1) is 14.5. The molecule has 2 aromatic rings. The van der Waals surface area contributed by atoms with Crippen LogP contribution in [-0.2, 0) is 9.59 Å². The molecule has 0 aliphatic rings. The van der Waals surface area contributed by atoms with Crippen LogP contribution in [0.15, 0.2) is 72.8 Å². The summed E-state index contributed by atoms with van der Waals surface area (Å²) in [5.41, 5.74) is 0. The fourth-order valence-corrected chi connectivity index (χ4v) is 1.55. The van der Waals surface area contributed by atoms with Crippen LogP contribution in [0.2, 0.25) is 0 Å². The van der Waals surface area contributed by atoms with Crippen LogP contribution in [0.4, 0.5) is 0 Å². The largest absolute Gasteiger partial charge is 0.426 e. The Hall–Kier alpha value is -2.88. The summed E-state index contributed by atoms with van der Waals surface area (Å²) < 4.78 is 10.1. The molecule has 0 saturated heterocycles. The lowest BCUT2D eigenvalue weighted by Crippen LogP contribution is -2.07. The standard InChI is InChI=1S/C17H14O4/c18-16(20-14-8-3-1-4-9-14)12-7-13-17(19)21-15-10-5-2-6-11-15/h1-12H,13H2. The molecule has 21 heavy (non-hydrogen) atoms. The zero-order valence-electron chi connectivity index (χ0n) is 11.3. The lowest BCUT2D eigenvalue weighted by atomic mass is 10.3. The van der Waals surface area contributed by atoms with Gasteiger partial charge >= 0.3 is 11.9 Å². The highest BCUT2D eigenvalue weighted by Crippen LogP contribution is 2.10. The number of hydrogen-bond acceptors (Lipinski definition) is 4. The number of hydrogen-bond donors (Lipinski definition) is 0. The quantitative estimate of drug-likeness (QED) is 0.480. The molecule has 4 heteroatoms. The molecule has 0 N–H and O–H groups in total. The first-order valence-electron chi connectivity index (χ1n) is 6.43. The first-order chi connectivity index (χ1) is 10.2. The highest BCUT2D eigenvalue weighted by atomic mass is 16.5. The Morgan fingerprint density at radius 1 is 0.810 bits per heavy atom. The second-order valence-corrected chi connectivity index (χ2v) is 4.13. The van der Waals surface area contributed by atoms with E-state index in [2.05, 4.69) is 0 Å². The molecule has 0 radical (unpaired) electrons. The maximum absolute atomic E-state index is 11.5. The number of ether oxygens (including phenoxy) is 2. The molecular weight excluding hydrogens is 268 g/mol. The van der Waals surface area contributed by atoms with Gasteiger partial charge in [0.15, 0.2) is 0 Å². The van der Waals surface area contributed by atoms with E-state index in [0.717, 1.165) is 0 Å². The Morgan fingerprint density at radius 2 is 1.33 bits per heavy atom. The van der Waals surface area contributed by atoms with E-state index in [4.69, 9.17) is 9.47 Å². The highest BCUT2D eigenvalue weighted by molar-refractivity contribution is 5.85. The van der Waals surface area contributed by atoms with E-state index in [0.29, 0.717) is 11.5 Å². The average molecular weight is 282 g/mol. The van der Waals surface area contributed by atoms with Crippen LogP contribution in [0, 0.1) is 0 Å². The third-order valence-electron chi connectivity index (χ3n) is 2.47. The summed E-state index contributed by atoms with van der Waals surface area (Å²) >= 11 is 0. The summed E-state index contributed by atoms with van der Waals surface area (Å²) in [6.07, 6.45) is 2.62. The van der Waals surface area contributed by atoms with Crippen molar-refractivity contribution in [3.05, 3.63) is 72.8 Å². The third kappa shape index (κ3) is 5.32. The van der Waals surface area contributed by atoms with Crippen LogP contribution in [0.3, 0.4) is 0 Å². The average Bonchev–Trinajstić information content (AvgIpc) is 2.49. The van der Waals surface area contributed by atoms with Gasteiger partial charge in [0.2, 0.25) is 0 Å². The molecule has 4 nitrogen and oxygen atoms in total. The van der Waals surface area contributed by atoms with Gasteiger partial charge in [0.25, 0.3) is 0 Å². The number of carbonyl (C=O) groups is 2. The molecule has 0 fully saturated rings. The van der Waals surface area contributed by atoms with E-state index in [1.54, 1.807) is 48.5 Å². The van der Waals surface area contributed by atoms with Gasteiger partial charge < -0.3 is 9.47 Å². The summed E-state index contributed by atoms with van der Waals surface area (Å²) in [7, 11) is 0. The van der Waals surface area contributed by atoms with Gasteiger partial charge in [-0.05, 0) is 24.3 Å². The van der Waals surface area contributed by atoms with E-state index in [1.165, 1.54) is 12.2 Å². The Morgan fingerprint density at radius 3 is 1.90 bits per heavy atom. The number of carbonyl (C=O) groups excluding carboxylic acids is 2. The summed E-state index contributed by atoms with van der Waals surface area (Å²) in [5, 5.41) is 0. The molecule has 0 aliphatic carbocycles. The van der Waals surface area contributed by atoms with Gasteiger partial charge in [-0.15, -0.1) is 0 Å². The number of rotatable bonds is 5. The molecular formula is C17H14O4. The van der Waals surface area contributed by atoms with Gasteiger partial charge in [-0.25, -0.2) is 4.79 Å². The van der Waals surface area contributed by atoms with Crippen molar-refractivity contribution in [1.82, 2.24) is 0 Å². The van der Waals surface area contributed by atoms with Crippen LogP contribution >= 0.6 is 0 Å². The smallest absolute Gasteiger partial charge is 0.335 e. The minimum atomic E-state index is -0.534. The fourth-order valence-electron chi connectivity index (χ4n) is 1.55. The van der Waals surface area contributed by atoms with E-state index in [1.807, 2.05) is 12.1 Å². The molecule has 0 bridgehead atoms. The first-order valence-corrected chi connectivity index (χ1v) is 6.43. The monoisotopic (exact) mass is 282 g/mol. The molecule has 0 spiro atoms. The van der Waals surface area contributed by atoms with E-state index in [-0.39, 0.29) is 6.42 Å². The van der Waals surface area contributed by atoms with Gasteiger partial charge in [-0.1, -0.05) is 42.5 Å². The van der Waals surface area contributed by atoms with Crippen molar-refractivity contribution in [1.29, 1.82) is 0 Å². The summed E-state index contributed by atoms with van der Waals surface area (Å²) in [6.45, 7) is 0. The molecule has 106 valence electrons. The number of esters is 2. The second-order valence-electron chi connectivity index (χ2n) is 4.13. The Balaban J connectivity index is 1.77. The van der Waals surface area contributed by atoms with E-state index < -0.39 is 11.9 Å². The second kappa shape index (κ2) is 7.65. The van der Waals surface area contributed by atoms with Gasteiger partial charge in [0, 0.05) is 6.08 Å². The predicted molar refractivity (Wildman–Crippen MR) is 77.9 cm³/mol. The van der Waals surface area contributed by atoms with Gasteiger partial charge in [0.1, 0.15) is 11.5 Å². The lowest BCUT2D eigenvalue weighted by Gasteiger charge is -2.01. The topological polar surface area (TPSA) is 52.6 Å². The van der Waals surface area contributed by atoms with Gasteiger partial charge in [-0.2, -0.15) is 0 Å². The van der Waals surface area contributed by atoms with Crippen LogP contribution in [0.5, 0.6) is 11.5 Å². The molecule has 2 rings (SSSR count). The number of benzene rings is 2. The molecule has 2 aromatic carbocycles. The van der Waals surface area contributed by atoms with Crippen molar-refractivity contribution in [3.8, 4) is 11.5 Å². The molecule has 0 heterocycles. The molecule has 0 unspecified atom stereocenters. The van der Waals surface area contributed by atoms with Crippen LogP contribution in [0.1, 0.15) is 6.42 Å². The molecule has 0 saturated carbocycles. The van der Waals surface area contributed by atoms with Gasteiger partial charge in [0.05, 0.1) is 6.42 Å². The zero-order valence-corrected chi connectivity index (χ0v) is 11.3. The SMILES string of the molecule is O=C(C=CCC(=O)Oc1ccccc1)Oc1ccccc1. The van der Waals surface area contributed by atoms with Crippen LogP contribution in [0.25, 0.3) is 0 Å². The Labute approximate surface area is 122 Å². The Bertz CT molecular complexity index is 618. The van der Waals surface area contributed by atoms with Crippen molar-refractivity contribution in [3.63, 3.8) is 0 Å². The van der Waals surface area contributed by atoms with E-state index in [9.17, 15) is 9.59 Å². The van der Waals surface area contributed by atoms with Crippen molar-refractivity contribution in [2.75, 3.05) is 0 Å². The summed E-state index contributed by atoms with van der Waals surface area (Å²) in [4.78, 5) is 23.0. The highest BCUT2D eigenvalue weighted by Gasteiger charge is 2.03. The summed E-state index contributed by atoms with van der Waals surface area (Å²) in [5.74, 6) is -0.0413. The van der Waals surface area contributed by atoms with Crippen LogP contribution < -0.4 is 9.47 Å². The maximum Gasteiger partial charge on any atom is 0.335 e. The maximum atomic E-state index is 11.5. The predicted octanol–water partition coefficient (Wildman–Crippen LogP) is 3.14. The van der Waals surface area contributed by atoms with Crippen molar-refractivity contribution in [2.24, 2.45) is 0 Å². The van der Waals surface area contributed by atoms with Crippen molar-refractivity contribution in [2.45, 2.75) is 6.42 Å². The molecule has 0 aromatic heterocycles. The molecule has 0 amide bonds. The molecule has 0 atom stereocenters. The lowest BCUT2D eigenvalue weighted by molar-refractivity contribution is -0.133. The number of para-hydroxylation sites is 2. The zero-order chi connectivity index (χ0) is 14.9. The van der Waals surface area contributed by atoms with Crippen LogP contribution in [-0.4, -0.2) is 11.9 Å². The van der Waals surface area contributed by atoms with Crippen molar-refractivity contribution < 1.29 is 19.1 Å². The van der Waals surface area contributed by atoms with Crippen molar-refractivity contribution >= 4 is 11.9 Å². The Kier molecular flexibility index (Phi) is 5.29. The minimum absolute atomic E-state index is 0.00121. The van der Waals surface area contributed by atoms with E-state index >= 15 is 0 Å². The minimum Gasteiger partial charge on any atom is -0.426 e.